The molecule has 1 aromatic heterocycles. The molecule has 210 valence electrons. The van der Waals surface area contributed by atoms with Crippen LogP contribution in [0.25, 0.3) is 6.08 Å². The van der Waals surface area contributed by atoms with Gasteiger partial charge in [0.2, 0.25) is 0 Å². The highest BCUT2D eigenvalue weighted by Gasteiger charge is 2.33. The number of nitrogens with zero attached hydrogens (tertiary/aromatic N) is 2. The van der Waals surface area contributed by atoms with E-state index in [1.807, 2.05) is 43.3 Å². The maximum Gasteiger partial charge on any atom is 0.338 e. The molecular formula is C31H25Cl3N2O4S. The minimum Gasteiger partial charge on any atom is -0.487 e. The smallest absolute Gasteiger partial charge is 0.338 e. The fourth-order valence-electron chi connectivity index (χ4n) is 4.57. The molecule has 0 aliphatic carbocycles. The second-order valence-electron chi connectivity index (χ2n) is 9.43. The van der Waals surface area contributed by atoms with E-state index >= 15 is 0 Å². The van der Waals surface area contributed by atoms with Crippen LogP contribution in [-0.4, -0.2) is 17.1 Å². The monoisotopic (exact) mass is 626 g/mol. The van der Waals surface area contributed by atoms with Gasteiger partial charge in [0.15, 0.2) is 4.80 Å². The predicted octanol–water partition coefficient (Wildman–Crippen LogP) is 6.65. The fraction of sp³-hybridized carbons (Fsp3) is 0.194. The van der Waals surface area contributed by atoms with Gasteiger partial charge in [0.1, 0.15) is 12.4 Å². The summed E-state index contributed by atoms with van der Waals surface area (Å²) in [4.78, 5) is 32.2. The van der Waals surface area contributed by atoms with Crippen molar-refractivity contribution in [3.8, 4) is 5.75 Å². The van der Waals surface area contributed by atoms with Gasteiger partial charge in [0.05, 0.1) is 33.5 Å². The van der Waals surface area contributed by atoms with Crippen LogP contribution in [0.2, 0.25) is 15.1 Å². The molecule has 0 radical (unpaired) electrons. The van der Waals surface area contributed by atoms with Crippen molar-refractivity contribution >= 4 is 58.2 Å². The highest BCUT2D eigenvalue weighted by molar-refractivity contribution is 7.07. The Morgan fingerprint density at radius 1 is 1.02 bits per heavy atom. The van der Waals surface area contributed by atoms with E-state index in [1.165, 1.54) is 11.3 Å². The van der Waals surface area contributed by atoms with Gasteiger partial charge >= 0.3 is 5.97 Å². The molecule has 0 amide bonds. The summed E-state index contributed by atoms with van der Waals surface area (Å²) in [5, 5.41) is 1.33. The van der Waals surface area contributed by atoms with E-state index in [-0.39, 0.29) is 18.8 Å². The number of hydrogen-bond acceptors (Lipinski definition) is 6. The van der Waals surface area contributed by atoms with Crippen LogP contribution in [-0.2, 0) is 16.1 Å². The Bertz CT molecular complexity index is 1840. The van der Waals surface area contributed by atoms with E-state index in [2.05, 4.69) is 4.99 Å². The summed E-state index contributed by atoms with van der Waals surface area (Å²) in [6.45, 7) is 5.91. The molecule has 41 heavy (non-hydrogen) atoms. The van der Waals surface area contributed by atoms with Gasteiger partial charge in [0, 0.05) is 15.6 Å². The zero-order valence-electron chi connectivity index (χ0n) is 22.4. The number of ether oxygens (including phenoxy) is 2. The van der Waals surface area contributed by atoms with Crippen molar-refractivity contribution in [1.82, 2.24) is 4.57 Å². The Labute approximate surface area is 255 Å². The number of hydrogen-bond donors (Lipinski definition) is 0. The molecule has 0 saturated heterocycles. The maximum absolute atomic E-state index is 14.0. The summed E-state index contributed by atoms with van der Waals surface area (Å²) in [6, 6.07) is 17.6. The van der Waals surface area contributed by atoms with E-state index in [1.54, 1.807) is 48.8 Å². The lowest BCUT2D eigenvalue weighted by Gasteiger charge is -2.24. The molecular weight excluding hydrogens is 603 g/mol. The minimum absolute atomic E-state index is 0.203. The molecule has 2 heterocycles. The number of benzene rings is 3. The molecule has 6 nitrogen and oxygen atoms in total. The van der Waals surface area contributed by atoms with E-state index in [9.17, 15) is 9.59 Å². The summed E-state index contributed by atoms with van der Waals surface area (Å²) < 4.78 is 13.4. The molecule has 3 aromatic carbocycles. The van der Waals surface area contributed by atoms with Gasteiger partial charge in [-0.15, -0.1) is 0 Å². The van der Waals surface area contributed by atoms with Crippen LogP contribution < -0.4 is 19.6 Å². The number of aromatic nitrogens is 1. The van der Waals surface area contributed by atoms with Crippen LogP contribution in [0.4, 0.5) is 0 Å². The van der Waals surface area contributed by atoms with Gasteiger partial charge in [-0.2, -0.15) is 0 Å². The van der Waals surface area contributed by atoms with E-state index < -0.39 is 12.0 Å². The van der Waals surface area contributed by atoms with Crippen molar-refractivity contribution in [2.75, 3.05) is 6.61 Å². The third-order valence-corrected chi connectivity index (χ3v) is 8.26. The molecule has 0 unspecified atom stereocenters. The summed E-state index contributed by atoms with van der Waals surface area (Å²) in [5.41, 5.74) is 3.78. The Morgan fingerprint density at radius 2 is 1.73 bits per heavy atom. The summed E-state index contributed by atoms with van der Waals surface area (Å²) in [7, 11) is 0. The van der Waals surface area contributed by atoms with Gasteiger partial charge in [-0.05, 0) is 62.2 Å². The molecule has 0 bridgehead atoms. The van der Waals surface area contributed by atoms with Crippen molar-refractivity contribution in [3.05, 3.63) is 129 Å². The maximum atomic E-state index is 14.0. The second kappa shape index (κ2) is 12.2. The highest BCUT2D eigenvalue weighted by Crippen LogP contribution is 2.34. The fourth-order valence-corrected chi connectivity index (χ4v) is 6.30. The molecule has 10 heteroatoms. The number of aryl methyl sites for hydroxylation is 1. The first-order valence-corrected chi connectivity index (χ1v) is 14.7. The summed E-state index contributed by atoms with van der Waals surface area (Å²) in [5.74, 6) is -0.122. The van der Waals surface area contributed by atoms with Crippen molar-refractivity contribution in [3.63, 3.8) is 0 Å². The standard InChI is InChI=1S/C31H25Cl3N2O4S/c1-4-39-30(38)26-18(3)35-31-36(27(26)20-9-5-17(2)6-10-20)29(37)25(41-31)14-21-13-23(33)15-24(34)28(21)40-16-19-7-11-22(32)12-8-19/h5-15,27H,4,16H2,1-3H3/b25-14-/t27-/m1/s1. The molecule has 1 aliphatic heterocycles. The second-order valence-corrected chi connectivity index (χ2v) is 11.7. The SMILES string of the molecule is CCOC(=O)C1=C(C)N=c2s/c(=C\c3cc(Cl)cc(Cl)c3OCc3ccc(Cl)cc3)c(=O)n2[C@@H]1c1ccc(C)cc1. The van der Waals surface area contributed by atoms with Crippen LogP contribution in [0.1, 0.15) is 42.1 Å². The molecule has 0 spiro atoms. The lowest BCUT2D eigenvalue weighted by molar-refractivity contribution is -0.139. The molecule has 0 saturated carbocycles. The lowest BCUT2D eigenvalue weighted by atomic mass is 9.95. The normalized spacial score (nSPS) is 15.0. The first-order chi connectivity index (χ1) is 19.7. The molecule has 0 N–H and O–H groups in total. The minimum atomic E-state index is -0.698. The van der Waals surface area contributed by atoms with Gasteiger partial charge in [-0.1, -0.05) is 88.1 Å². The third-order valence-electron chi connectivity index (χ3n) is 6.53. The average molecular weight is 628 g/mol. The number of halogens is 3. The molecule has 0 fully saturated rings. The first-order valence-electron chi connectivity index (χ1n) is 12.8. The number of carbonyl (C=O) groups excluding carboxylic acids is 1. The molecule has 5 rings (SSSR count). The molecule has 1 aliphatic rings. The van der Waals surface area contributed by atoms with E-state index in [4.69, 9.17) is 44.3 Å². The Kier molecular flexibility index (Phi) is 8.71. The third kappa shape index (κ3) is 6.14. The lowest BCUT2D eigenvalue weighted by Crippen LogP contribution is -2.39. The Morgan fingerprint density at radius 3 is 2.41 bits per heavy atom. The number of rotatable bonds is 7. The number of thiazole rings is 1. The van der Waals surface area contributed by atoms with Crippen molar-refractivity contribution in [2.45, 2.75) is 33.4 Å². The van der Waals surface area contributed by atoms with Crippen LogP contribution >= 0.6 is 46.1 Å². The van der Waals surface area contributed by atoms with Gasteiger partial charge in [-0.3, -0.25) is 9.36 Å². The number of allylic oxidation sites excluding steroid dienone is 1. The first kappa shape index (κ1) is 29.1. The number of fused-ring (bicyclic) bond motifs is 1. The number of esters is 1. The Hall–Kier alpha value is -3.36. The van der Waals surface area contributed by atoms with Crippen molar-refractivity contribution in [2.24, 2.45) is 4.99 Å². The molecule has 1 atom stereocenters. The molecule has 4 aromatic rings. The average Bonchev–Trinajstić information content (AvgIpc) is 3.23. The largest absolute Gasteiger partial charge is 0.487 e. The van der Waals surface area contributed by atoms with Crippen LogP contribution in [0.5, 0.6) is 5.75 Å². The van der Waals surface area contributed by atoms with Gasteiger partial charge in [0.25, 0.3) is 5.56 Å². The van der Waals surface area contributed by atoms with Crippen LogP contribution in [0.3, 0.4) is 0 Å². The Balaban J connectivity index is 1.64. The van der Waals surface area contributed by atoms with Gasteiger partial charge < -0.3 is 9.47 Å². The number of carbonyl (C=O) groups is 1. The highest BCUT2D eigenvalue weighted by atomic mass is 35.5. The van der Waals surface area contributed by atoms with Crippen molar-refractivity contribution in [1.29, 1.82) is 0 Å². The summed E-state index contributed by atoms with van der Waals surface area (Å²) >= 11 is 20.1. The van der Waals surface area contributed by atoms with E-state index in [0.29, 0.717) is 47.0 Å². The topological polar surface area (TPSA) is 69.9 Å². The summed E-state index contributed by atoms with van der Waals surface area (Å²) in [6.07, 6.45) is 1.69. The van der Waals surface area contributed by atoms with Gasteiger partial charge in [-0.25, -0.2) is 9.79 Å². The zero-order valence-corrected chi connectivity index (χ0v) is 25.5. The van der Waals surface area contributed by atoms with Crippen molar-refractivity contribution < 1.29 is 14.3 Å². The predicted molar refractivity (Wildman–Crippen MR) is 164 cm³/mol. The van der Waals surface area contributed by atoms with Crippen LogP contribution in [0, 0.1) is 6.92 Å². The zero-order chi connectivity index (χ0) is 29.3. The quantitative estimate of drug-likeness (QED) is 0.215. The van der Waals surface area contributed by atoms with E-state index in [0.717, 1.165) is 16.7 Å². The van der Waals surface area contributed by atoms with Crippen LogP contribution in [0.15, 0.2) is 81.7 Å².